The van der Waals surface area contributed by atoms with E-state index < -0.39 is 0 Å². The van der Waals surface area contributed by atoms with Crippen LogP contribution in [0.4, 0.5) is 5.82 Å². The van der Waals surface area contributed by atoms with Crippen LogP contribution in [0.2, 0.25) is 0 Å². The van der Waals surface area contributed by atoms with Crippen LogP contribution >= 0.6 is 11.5 Å². The molecule has 0 radical (unpaired) electrons. The van der Waals surface area contributed by atoms with E-state index >= 15 is 0 Å². The molecule has 1 aromatic carbocycles. The highest BCUT2D eigenvalue weighted by molar-refractivity contribution is 7.13. The third-order valence-corrected chi connectivity index (χ3v) is 6.19. The molecular formula is C19H20N4O2S. The molecule has 1 fully saturated rings. The molecule has 134 valence electrons. The number of anilines is 1. The standard InChI is InChI=1S/C19H20N4O2S/c24-19(17-13-5-1-3-7-15(13)25-20-17)23-11-9-22(10-12-23)18-14-6-2-4-8-16(14)26-21-18/h2,4,6,8H,1,3,5,7,9-12H2. The minimum atomic E-state index is 0.0136. The lowest BCUT2D eigenvalue weighted by molar-refractivity contribution is 0.0735. The number of carbonyl (C=O) groups excluding carboxylic acids is 1. The van der Waals surface area contributed by atoms with Crippen LogP contribution in [0.5, 0.6) is 0 Å². The molecule has 0 bridgehead atoms. The molecule has 5 rings (SSSR count). The fraction of sp³-hybridized carbons (Fsp3) is 0.421. The Morgan fingerprint density at radius 2 is 1.88 bits per heavy atom. The molecule has 0 N–H and O–H groups in total. The maximum Gasteiger partial charge on any atom is 0.276 e. The maximum atomic E-state index is 12.9. The minimum Gasteiger partial charge on any atom is -0.360 e. The first-order valence-electron chi connectivity index (χ1n) is 9.17. The third kappa shape index (κ3) is 2.58. The summed E-state index contributed by atoms with van der Waals surface area (Å²) in [7, 11) is 0. The van der Waals surface area contributed by atoms with Gasteiger partial charge in [-0.1, -0.05) is 17.3 Å². The van der Waals surface area contributed by atoms with Crippen LogP contribution in [0, 0.1) is 0 Å². The summed E-state index contributed by atoms with van der Waals surface area (Å²) in [5.74, 6) is 1.96. The highest BCUT2D eigenvalue weighted by atomic mass is 32.1. The molecule has 1 aliphatic heterocycles. The Morgan fingerprint density at radius 3 is 2.77 bits per heavy atom. The second-order valence-electron chi connectivity index (χ2n) is 6.92. The molecular weight excluding hydrogens is 348 g/mol. The number of hydrogen-bond acceptors (Lipinski definition) is 6. The fourth-order valence-electron chi connectivity index (χ4n) is 3.92. The summed E-state index contributed by atoms with van der Waals surface area (Å²) in [5, 5.41) is 5.29. The molecule has 1 aliphatic carbocycles. The number of fused-ring (bicyclic) bond motifs is 2. The SMILES string of the molecule is O=C(c1noc2c1CCCC2)N1CCN(c2nsc3ccccc23)CC1. The predicted molar refractivity (Wildman–Crippen MR) is 101 cm³/mol. The van der Waals surface area contributed by atoms with Gasteiger partial charge in [0.15, 0.2) is 5.69 Å². The van der Waals surface area contributed by atoms with Gasteiger partial charge in [-0.3, -0.25) is 4.79 Å². The quantitative estimate of drug-likeness (QED) is 0.695. The van der Waals surface area contributed by atoms with E-state index in [0.717, 1.165) is 55.9 Å². The first-order valence-corrected chi connectivity index (χ1v) is 9.94. The Bertz CT molecular complexity index is 956. The Kier molecular flexibility index (Phi) is 3.89. The Hall–Kier alpha value is -2.41. The van der Waals surface area contributed by atoms with E-state index in [1.165, 1.54) is 21.6 Å². The van der Waals surface area contributed by atoms with Gasteiger partial charge < -0.3 is 14.3 Å². The molecule has 3 aromatic rings. The maximum absolute atomic E-state index is 12.9. The van der Waals surface area contributed by atoms with E-state index in [2.05, 4.69) is 26.6 Å². The lowest BCUT2D eigenvalue weighted by Gasteiger charge is -2.34. The summed E-state index contributed by atoms with van der Waals surface area (Å²) >= 11 is 1.53. The fourth-order valence-corrected chi connectivity index (χ4v) is 4.72. The zero-order chi connectivity index (χ0) is 17.5. The number of carbonyl (C=O) groups is 1. The van der Waals surface area contributed by atoms with Crippen LogP contribution in [0.25, 0.3) is 10.1 Å². The molecule has 2 aromatic heterocycles. The van der Waals surface area contributed by atoms with E-state index in [4.69, 9.17) is 4.52 Å². The number of aryl methyl sites for hydroxylation is 1. The molecule has 0 atom stereocenters. The highest BCUT2D eigenvalue weighted by Gasteiger charge is 2.30. The molecule has 7 heteroatoms. The number of benzene rings is 1. The molecule has 0 unspecified atom stereocenters. The normalized spacial score (nSPS) is 17.5. The third-order valence-electron chi connectivity index (χ3n) is 5.38. The minimum absolute atomic E-state index is 0.0136. The van der Waals surface area contributed by atoms with Gasteiger partial charge in [0.2, 0.25) is 0 Å². The molecule has 1 amide bonds. The van der Waals surface area contributed by atoms with Gasteiger partial charge >= 0.3 is 0 Å². The molecule has 1 saturated heterocycles. The van der Waals surface area contributed by atoms with Gasteiger partial charge in [0, 0.05) is 43.5 Å². The number of rotatable bonds is 2. The summed E-state index contributed by atoms with van der Waals surface area (Å²) in [6.07, 6.45) is 4.04. The Labute approximate surface area is 155 Å². The topological polar surface area (TPSA) is 62.5 Å². The van der Waals surface area contributed by atoms with Crippen molar-refractivity contribution >= 4 is 33.3 Å². The zero-order valence-electron chi connectivity index (χ0n) is 14.5. The average Bonchev–Trinajstić information content (AvgIpc) is 3.32. The smallest absolute Gasteiger partial charge is 0.276 e. The zero-order valence-corrected chi connectivity index (χ0v) is 15.3. The summed E-state index contributed by atoms with van der Waals surface area (Å²) < 4.78 is 11.2. The van der Waals surface area contributed by atoms with Crippen molar-refractivity contribution in [3.8, 4) is 0 Å². The van der Waals surface area contributed by atoms with Gasteiger partial charge in [0.1, 0.15) is 11.6 Å². The molecule has 26 heavy (non-hydrogen) atoms. The highest BCUT2D eigenvalue weighted by Crippen LogP contribution is 2.30. The van der Waals surface area contributed by atoms with Crippen LogP contribution in [-0.2, 0) is 12.8 Å². The Morgan fingerprint density at radius 1 is 1.08 bits per heavy atom. The predicted octanol–water partition coefficient (Wildman–Crippen LogP) is 3.13. The second-order valence-corrected chi connectivity index (χ2v) is 7.73. The van der Waals surface area contributed by atoms with Crippen molar-refractivity contribution in [3.05, 3.63) is 41.3 Å². The van der Waals surface area contributed by atoms with Crippen molar-refractivity contribution in [3.63, 3.8) is 0 Å². The van der Waals surface area contributed by atoms with Crippen molar-refractivity contribution < 1.29 is 9.32 Å². The van der Waals surface area contributed by atoms with Crippen molar-refractivity contribution in [2.45, 2.75) is 25.7 Å². The monoisotopic (exact) mass is 368 g/mol. The van der Waals surface area contributed by atoms with E-state index in [-0.39, 0.29) is 5.91 Å². The van der Waals surface area contributed by atoms with Crippen molar-refractivity contribution in [1.82, 2.24) is 14.4 Å². The Balaban J connectivity index is 1.31. The van der Waals surface area contributed by atoms with E-state index in [9.17, 15) is 4.79 Å². The van der Waals surface area contributed by atoms with Gasteiger partial charge in [0.25, 0.3) is 5.91 Å². The van der Waals surface area contributed by atoms with Gasteiger partial charge in [0.05, 0.1) is 4.70 Å². The lowest BCUT2D eigenvalue weighted by atomic mass is 9.96. The van der Waals surface area contributed by atoms with Gasteiger partial charge in [-0.2, -0.15) is 4.37 Å². The first-order chi connectivity index (χ1) is 12.8. The van der Waals surface area contributed by atoms with Crippen LogP contribution in [0.1, 0.15) is 34.7 Å². The second kappa shape index (κ2) is 6.39. The van der Waals surface area contributed by atoms with E-state index in [1.54, 1.807) is 0 Å². The molecule has 6 nitrogen and oxygen atoms in total. The van der Waals surface area contributed by atoms with Crippen LogP contribution in [-0.4, -0.2) is 46.5 Å². The molecule has 3 heterocycles. The van der Waals surface area contributed by atoms with Gasteiger partial charge in [-0.05, 0) is 42.9 Å². The number of hydrogen-bond donors (Lipinski definition) is 0. The van der Waals surface area contributed by atoms with E-state index in [1.807, 2.05) is 17.0 Å². The summed E-state index contributed by atoms with van der Waals surface area (Å²) in [4.78, 5) is 17.1. The molecule has 0 saturated carbocycles. The molecule has 0 spiro atoms. The van der Waals surface area contributed by atoms with Crippen LogP contribution < -0.4 is 4.90 Å². The number of nitrogens with zero attached hydrogens (tertiary/aromatic N) is 4. The van der Waals surface area contributed by atoms with Gasteiger partial charge in [-0.25, -0.2) is 0 Å². The number of amides is 1. The summed E-state index contributed by atoms with van der Waals surface area (Å²) in [5.41, 5.74) is 1.57. The summed E-state index contributed by atoms with van der Waals surface area (Å²) in [6, 6.07) is 8.31. The van der Waals surface area contributed by atoms with Crippen molar-refractivity contribution in [2.75, 3.05) is 31.1 Å². The number of piperazine rings is 1. The van der Waals surface area contributed by atoms with Crippen molar-refractivity contribution in [1.29, 1.82) is 0 Å². The number of aromatic nitrogens is 2. The van der Waals surface area contributed by atoms with Crippen LogP contribution in [0.3, 0.4) is 0 Å². The average molecular weight is 368 g/mol. The van der Waals surface area contributed by atoms with Gasteiger partial charge in [-0.15, -0.1) is 0 Å². The first kappa shape index (κ1) is 15.8. The lowest BCUT2D eigenvalue weighted by Crippen LogP contribution is -2.49. The van der Waals surface area contributed by atoms with Crippen molar-refractivity contribution in [2.24, 2.45) is 0 Å². The van der Waals surface area contributed by atoms with E-state index in [0.29, 0.717) is 18.8 Å². The largest absolute Gasteiger partial charge is 0.360 e. The summed E-state index contributed by atoms with van der Waals surface area (Å²) in [6.45, 7) is 2.96. The molecule has 2 aliphatic rings. The van der Waals surface area contributed by atoms with Crippen LogP contribution in [0.15, 0.2) is 28.8 Å².